The van der Waals surface area contributed by atoms with Crippen molar-refractivity contribution in [2.75, 3.05) is 0 Å². The molecule has 0 amide bonds. The molecule has 0 saturated carbocycles. The minimum Gasteiger partial charge on any atom is -0.288 e. The van der Waals surface area contributed by atoms with Crippen molar-refractivity contribution >= 4 is 17.1 Å². The van der Waals surface area contributed by atoms with Gasteiger partial charge in [0.1, 0.15) is 5.82 Å². The number of rotatable bonds is 2. The fourth-order valence-electron chi connectivity index (χ4n) is 1.33. The molecule has 0 bridgehead atoms. The lowest BCUT2D eigenvalue weighted by Crippen LogP contribution is -1.98. The highest BCUT2D eigenvalue weighted by Crippen LogP contribution is 2.19. The predicted molar refractivity (Wildman–Crippen MR) is 58.9 cm³/mol. The van der Waals surface area contributed by atoms with Gasteiger partial charge in [-0.05, 0) is 31.2 Å². The first-order valence-corrected chi connectivity index (χ1v) is 5.35. The number of carbonyl (C=O) groups excluding carboxylic acids is 1. The number of halogens is 1. The largest absolute Gasteiger partial charge is 0.288 e. The molecule has 3 heteroatoms. The van der Waals surface area contributed by atoms with Crippen molar-refractivity contribution in [3.8, 4) is 0 Å². The minimum absolute atomic E-state index is 0.118. The summed E-state index contributed by atoms with van der Waals surface area (Å²) in [5.41, 5.74) is 0.400. The predicted octanol–water partition coefficient (Wildman–Crippen LogP) is 3.43. The third kappa shape index (κ3) is 2.13. The van der Waals surface area contributed by atoms with Gasteiger partial charge in [0.25, 0.3) is 0 Å². The second kappa shape index (κ2) is 3.95. The molecule has 0 aliphatic rings. The van der Waals surface area contributed by atoms with E-state index >= 15 is 0 Å². The molecule has 0 spiro atoms. The van der Waals surface area contributed by atoms with E-state index in [0.717, 1.165) is 4.88 Å². The van der Waals surface area contributed by atoms with Crippen LogP contribution in [0.3, 0.4) is 0 Å². The second-order valence-corrected chi connectivity index (χ2v) is 4.54. The van der Waals surface area contributed by atoms with Gasteiger partial charge in [0.15, 0.2) is 0 Å². The van der Waals surface area contributed by atoms with Gasteiger partial charge in [-0.1, -0.05) is 12.1 Å². The van der Waals surface area contributed by atoms with Crippen molar-refractivity contribution in [1.82, 2.24) is 0 Å². The van der Waals surface area contributed by atoms with Gasteiger partial charge in [0.2, 0.25) is 5.78 Å². The first kappa shape index (κ1) is 10.1. The number of hydrogen-bond donors (Lipinski definition) is 0. The standard InChI is InChI=1S/C12H9FOS/c1-8-5-6-11(15-8)12(14)9-3-2-4-10(13)7-9/h2-7H,1H3. The molecular weight excluding hydrogens is 211 g/mol. The van der Waals surface area contributed by atoms with Gasteiger partial charge < -0.3 is 0 Å². The molecule has 0 fully saturated rings. The van der Waals surface area contributed by atoms with Gasteiger partial charge in [-0.3, -0.25) is 4.79 Å². The summed E-state index contributed by atoms with van der Waals surface area (Å²) in [5.74, 6) is -0.498. The fourth-order valence-corrected chi connectivity index (χ4v) is 2.16. The second-order valence-electron chi connectivity index (χ2n) is 3.25. The van der Waals surface area contributed by atoms with E-state index in [1.165, 1.54) is 23.5 Å². The molecular formula is C12H9FOS. The van der Waals surface area contributed by atoms with Crippen LogP contribution in [0.4, 0.5) is 4.39 Å². The zero-order valence-corrected chi connectivity index (χ0v) is 8.98. The molecule has 0 atom stereocenters. The van der Waals surface area contributed by atoms with E-state index in [1.54, 1.807) is 18.2 Å². The maximum Gasteiger partial charge on any atom is 0.203 e. The van der Waals surface area contributed by atoms with Gasteiger partial charge >= 0.3 is 0 Å². The highest BCUT2D eigenvalue weighted by Gasteiger charge is 2.11. The van der Waals surface area contributed by atoms with Gasteiger partial charge in [-0.2, -0.15) is 0 Å². The van der Waals surface area contributed by atoms with Crippen LogP contribution in [0.25, 0.3) is 0 Å². The van der Waals surface area contributed by atoms with Gasteiger partial charge in [-0.15, -0.1) is 11.3 Å². The maximum absolute atomic E-state index is 12.9. The Morgan fingerprint density at radius 3 is 2.67 bits per heavy atom. The molecule has 1 nitrogen and oxygen atoms in total. The Kier molecular flexibility index (Phi) is 2.64. The Morgan fingerprint density at radius 1 is 1.27 bits per heavy atom. The molecule has 0 radical (unpaired) electrons. The van der Waals surface area contributed by atoms with Crippen molar-refractivity contribution in [3.05, 3.63) is 57.5 Å². The van der Waals surface area contributed by atoms with Crippen LogP contribution in [0.2, 0.25) is 0 Å². The summed E-state index contributed by atoms with van der Waals surface area (Å²) in [4.78, 5) is 13.6. The Hall–Kier alpha value is -1.48. The molecule has 76 valence electrons. The summed E-state index contributed by atoms with van der Waals surface area (Å²) in [7, 11) is 0. The molecule has 0 aliphatic heterocycles. The number of hydrogen-bond acceptors (Lipinski definition) is 2. The van der Waals surface area contributed by atoms with Crippen molar-refractivity contribution in [1.29, 1.82) is 0 Å². The first-order chi connectivity index (χ1) is 7.16. The van der Waals surface area contributed by atoms with Crippen LogP contribution >= 0.6 is 11.3 Å². The normalized spacial score (nSPS) is 10.3. The molecule has 0 saturated heterocycles. The van der Waals surface area contributed by atoms with Crippen LogP contribution in [-0.4, -0.2) is 5.78 Å². The van der Waals surface area contributed by atoms with E-state index in [1.807, 2.05) is 13.0 Å². The monoisotopic (exact) mass is 220 g/mol. The number of benzene rings is 1. The van der Waals surface area contributed by atoms with E-state index in [2.05, 4.69) is 0 Å². The summed E-state index contributed by atoms with van der Waals surface area (Å²) in [6, 6.07) is 9.42. The quantitative estimate of drug-likeness (QED) is 0.709. The van der Waals surface area contributed by atoms with Crippen LogP contribution in [0, 0.1) is 12.7 Å². The van der Waals surface area contributed by atoms with E-state index in [4.69, 9.17) is 0 Å². The van der Waals surface area contributed by atoms with Crippen molar-refractivity contribution in [2.24, 2.45) is 0 Å². The van der Waals surface area contributed by atoms with Crippen LogP contribution in [0.5, 0.6) is 0 Å². The van der Waals surface area contributed by atoms with Crippen LogP contribution in [0.1, 0.15) is 20.1 Å². The smallest absolute Gasteiger partial charge is 0.203 e. The van der Waals surface area contributed by atoms with E-state index in [0.29, 0.717) is 10.4 Å². The summed E-state index contributed by atoms with van der Waals surface area (Å²) in [5, 5.41) is 0. The topological polar surface area (TPSA) is 17.1 Å². The van der Waals surface area contributed by atoms with Crippen molar-refractivity contribution in [3.63, 3.8) is 0 Å². The van der Waals surface area contributed by atoms with Crippen LogP contribution in [0.15, 0.2) is 36.4 Å². The van der Waals surface area contributed by atoms with E-state index in [-0.39, 0.29) is 11.6 Å². The van der Waals surface area contributed by atoms with Crippen LogP contribution < -0.4 is 0 Å². The maximum atomic E-state index is 12.9. The lowest BCUT2D eigenvalue weighted by atomic mass is 10.1. The molecule has 0 N–H and O–H groups in total. The third-order valence-electron chi connectivity index (χ3n) is 2.05. The third-order valence-corrected chi connectivity index (χ3v) is 3.05. The average Bonchev–Trinajstić information content (AvgIpc) is 2.64. The Balaban J connectivity index is 2.36. The molecule has 2 aromatic rings. The van der Waals surface area contributed by atoms with Gasteiger partial charge in [-0.25, -0.2) is 4.39 Å². The Morgan fingerprint density at radius 2 is 2.07 bits per heavy atom. The number of aryl methyl sites for hydroxylation is 1. The highest BCUT2D eigenvalue weighted by atomic mass is 32.1. The summed E-state index contributed by atoms with van der Waals surface area (Å²) in [6.07, 6.45) is 0. The zero-order valence-electron chi connectivity index (χ0n) is 8.16. The molecule has 15 heavy (non-hydrogen) atoms. The Bertz CT molecular complexity index is 502. The molecule has 1 aromatic carbocycles. The lowest BCUT2D eigenvalue weighted by Gasteiger charge is -1.97. The minimum atomic E-state index is -0.380. The average molecular weight is 220 g/mol. The van der Waals surface area contributed by atoms with E-state index < -0.39 is 0 Å². The Labute approximate surface area is 91.2 Å². The van der Waals surface area contributed by atoms with Crippen molar-refractivity contribution < 1.29 is 9.18 Å². The summed E-state index contributed by atoms with van der Waals surface area (Å²) < 4.78 is 12.9. The van der Waals surface area contributed by atoms with Gasteiger partial charge in [0, 0.05) is 10.4 Å². The number of carbonyl (C=O) groups is 1. The molecule has 0 aliphatic carbocycles. The number of ketones is 1. The zero-order chi connectivity index (χ0) is 10.8. The first-order valence-electron chi connectivity index (χ1n) is 4.53. The molecule has 1 heterocycles. The molecule has 0 unspecified atom stereocenters. The SMILES string of the molecule is Cc1ccc(C(=O)c2cccc(F)c2)s1. The molecule has 2 rings (SSSR count). The molecule has 1 aromatic heterocycles. The van der Waals surface area contributed by atoms with Crippen LogP contribution in [-0.2, 0) is 0 Å². The van der Waals surface area contributed by atoms with Gasteiger partial charge in [0.05, 0.1) is 4.88 Å². The lowest BCUT2D eigenvalue weighted by molar-refractivity contribution is 0.104. The van der Waals surface area contributed by atoms with Crippen molar-refractivity contribution in [2.45, 2.75) is 6.92 Å². The summed E-state index contributed by atoms with van der Waals surface area (Å²) in [6.45, 7) is 1.94. The van der Waals surface area contributed by atoms with E-state index in [9.17, 15) is 9.18 Å². The fraction of sp³-hybridized carbons (Fsp3) is 0.0833. The summed E-state index contributed by atoms with van der Waals surface area (Å²) >= 11 is 1.42. The highest BCUT2D eigenvalue weighted by molar-refractivity contribution is 7.14. The number of thiophene rings is 1.